The van der Waals surface area contributed by atoms with Crippen molar-refractivity contribution in [1.82, 2.24) is 9.97 Å². The van der Waals surface area contributed by atoms with Crippen LogP contribution in [-0.2, 0) is 0 Å². The first-order valence-corrected chi connectivity index (χ1v) is 10.1. The second-order valence-electron chi connectivity index (χ2n) is 7.32. The maximum atomic E-state index is 14.2. The third kappa shape index (κ3) is 4.96. The van der Waals surface area contributed by atoms with E-state index in [0.717, 1.165) is 24.3 Å². The van der Waals surface area contributed by atoms with E-state index in [9.17, 15) is 13.2 Å². The van der Waals surface area contributed by atoms with Crippen LogP contribution in [-0.4, -0.2) is 16.6 Å². The summed E-state index contributed by atoms with van der Waals surface area (Å²) in [6, 6.07) is 2.66. The quantitative estimate of drug-likeness (QED) is 0.491. The Bertz CT molecular complexity index is 778. The van der Waals surface area contributed by atoms with Crippen molar-refractivity contribution in [3.05, 3.63) is 40.9 Å². The number of ether oxygens (including phenoxy) is 1. The number of nitrogens with zero attached hydrogens (tertiary/aromatic N) is 2. The minimum absolute atomic E-state index is 0.0528. The van der Waals surface area contributed by atoms with E-state index < -0.39 is 18.2 Å². The summed E-state index contributed by atoms with van der Waals surface area (Å²) in [6.45, 7) is -0.955. The lowest BCUT2D eigenvalue weighted by atomic mass is 9.78. The normalized spacial score (nSPS) is 19.8. The van der Waals surface area contributed by atoms with Gasteiger partial charge in [0.25, 0.3) is 0 Å². The van der Waals surface area contributed by atoms with Crippen LogP contribution >= 0.6 is 11.6 Å². The minimum atomic E-state index is -3.17. The second-order valence-corrected chi connectivity index (χ2v) is 7.72. The van der Waals surface area contributed by atoms with Crippen LogP contribution in [0.3, 0.4) is 0 Å². The Morgan fingerprint density at radius 2 is 1.82 bits per heavy atom. The summed E-state index contributed by atoms with van der Waals surface area (Å²) in [7, 11) is 0. The standard InChI is InChI=1S/C21H24ClF3N2O/c1-2-3-4-13-5-7-14(8-6-13)15-11-26-20(27-12-15)16-9-10-17(22)18(23)19(16)28-21(24)25/h9-14,21H,2-8H2,1H3. The van der Waals surface area contributed by atoms with Crippen LogP contribution in [0, 0.1) is 11.7 Å². The summed E-state index contributed by atoms with van der Waals surface area (Å²) < 4.78 is 43.8. The molecule has 1 aromatic heterocycles. The number of hydrogen-bond donors (Lipinski definition) is 0. The van der Waals surface area contributed by atoms with Crippen molar-refractivity contribution in [3.8, 4) is 17.1 Å². The van der Waals surface area contributed by atoms with Crippen molar-refractivity contribution < 1.29 is 17.9 Å². The number of hydrogen-bond acceptors (Lipinski definition) is 3. The van der Waals surface area contributed by atoms with Crippen molar-refractivity contribution in [2.24, 2.45) is 5.92 Å². The van der Waals surface area contributed by atoms with Gasteiger partial charge in [0.15, 0.2) is 17.4 Å². The van der Waals surface area contributed by atoms with E-state index in [2.05, 4.69) is 21.6 Å². The summed E-state index contributed by atoms with van der Waals surface area (Å²) in [5, 5.41) is -0.296. The fourth-order valence-corrected chi connectivity index (χ4v) is 4.03. The Balaban J connectivity index is 1.74. The highest BCUT2D eigenvalue weighted by atomic mass is 35.5. The van der Waals surface area contributed by atoms with E-state index in [0.29, 0.717) is 5.92 Å². The molecule has 1 heterocycles. The van der Waals surface area contributed by atoms with Crippen molar-refractivity contribution in [1.29, 1.82) is 0 Å². The molecule has 3 nitrogen and oxygen atoms in total. The summed E-state index contributed by atoms with van der Waals surface area (Å²) in [4.78, 5) is 8.57. The van der Waals surface area contributed by atoms with E-state index in [-0.39, 0.29) is 16.4 Å². The van der Waals surface area contributed by atoms with E-state index in [4.69, 9.17) is 11.6 Å². The van der Waals surface area contributed by atoms with E-state index in [1.54, 1.807) is 12.4 Å². The van der Waals surface area contributed by atoms with Crippen LogP contribution in [0.5, 0.6) is 5.75 Å². The van der Waals surface area contributed by atoms with Gasteiger partial charge in [0.2, 0.25) is 0 Å². The Kier molecular flexibility index (Phi) is 7.16. The largest absolute Gasteiger partial charge is 0.431 e. The molecule has 0 amide bonds. The van der Waals surface area contributed by atoms with Gasteiger partial charge in [-0.15, -0.1) is 0 Å². The van der Waals surface area contributed by atoms with Gasteiger partial charge in [-0.3, -0.25) is 0 Å². The Morgan fingerprint density at radius 3 is 2.43 bits per heavy atom. The zero-order valence-corrected chi connectivity index (χ0v) is 16.6. The maximum Gasteiger partial charge on any atom is 0.387 e. The molecule has 1 aliphatic rings. The number of aromatic nitrogens is 2. The fraction of sp³-hybridized carbons (Fsp3) is 0.524. The Hall–Kier alpha value is -1.82. The van der Waals surface area contributed by atoms with Gasteiger partial charge in [0, 0.05) is 12.4 Å². The van der Waals surface area contributed by atoms with Gasteiger partial charge in [0.1, 0.15) is 0 Å². The molecule has 0 atom stereocenters. The van der Waals surface area contributed by atoms with Crippen molar-refractivity contribution in [3.63, 3.8) is 0 Å². The molecule has 0 radical (unpaired) electrons. The number of benzene rings is 1. The van der Waals surface area contributed by atoms with Crippen LogP contribution in [0.2, 0.25) is 5.02 Å². The summed E-state index contributed by atoms with van der Waals surface area (Å²) >= 11 is 5.69. The minimum Gasteiger partial charge on any atom is -0.431 e. The van der Waals surface area contributed by atoms with Crippen molar-refractivity contribution in [2.45, 2.75) is 64.4 Å². The summed E-state index contributed by atoms with van der Waals surface area (Å²) in [5.41, 5.74) is 1.08. The highest BCUT2D eigenvalue weighted by Gasteiger charge is 2.24. The average molecular weight is 413 g/mol. The summed E-state index contributed by atoms with van der Waals surface area (Å²) in [5.74, 6) is -0.330. The van der Waals surface area contributed by atoms with Crippen LogP contribution in [0.1, 0.15) is 63.4 Å². The molecule has 3 rings (SSSR count). The number of rotatable bonds is 7. The van der Waals surface area contributed by atoms with Gasteiger partial charge >= 0.3 is 6.61 Å². The second kappa shape index (κ2) is 9.59. The summed E-state index contributed by atoms with van der Waals surface area (Å²) in [6.07, 6.45) is 11.9. The molecule has 0 saturated heterocycles. The Morgan fingerprint density at radius 1 is 1.14 bits per heavy atom. The van der Waals surface area contributed by atoms with E-state index in [1.807, 2.05) is 0 Å². The molecular weight excluding hydrogens is 389 g/mol. The molecule has 152 valence electrons. The van der Waals surface area contributed by atoms with Gasteiger partial charge in [-0.25, -0.2) is 14.4 Å². The van der Waals surface area contributed by atoms with Crippen LogP contribution in [0.25, 0.3) is 11.4 Å². The van der Waals surface area contributed by atoms with Crippen molar-refractivity contribution in [2.75, 3.05) is 0 Å². The maximum absolute atomic E-state index is 14.2. The fourth-order valence-electron chi connectivity index (χ4n) is 3.88. The van der Waals surface area contributed by atoms with Crippen molar-refractivity contribution >= 4 is 11.6 Å². The molecule has 0 unspecified atom stereocenters. The van der Waals surface area contributed by atoms with Gasteiger partial charge < -0.3 is 4.74 Å². The molecule has 1 aromatic carbocycles. The topological polar surface area (TPSA) is 35.0 Å². The van der Waals surface area contributed by atoms with Crippen LogP contribution in [0.4, 0.5) is 13.2 Å². The first-order valence-electron chi connectivity index (χ1n) is 9.74. The lowest BCUT2D eigenvalue weighted by molar-refractivity contribution is -0.0517. The predicted molar refractivity (Wildman–Crippen MR) is 103 cm³/mol. The third-order valence-corrected chi connectivity index (χ3v) is 5.75. The predicted octanol–water partition coefficient (Wildman–Crippen LogP) is 7.00. The zero-order valence-electron chi connectivity index (χ0n) is 15.8. The van der Waals surface area contributed by atoms with Crippen LogP contribution < -0.4 is 4.74 Å². The molecule has 0 spiro atoms. The zero-order chi connectivity index (χ0) is 20.1. The number of unbranched alkanes of at least 4 members (excludes halogenated alkanes) is 1. The van der Waals surface area contributed by atoms with Gasteiger partial charge in [-0.1, -0.05) is 37.8 Å². The van der Waals surface area contributed by atoms with Gasteiger partial charge in [-0.2, -0.15) is 8.78 Å². The lowest BCUT2D eigenvalue weighted by Gasteiger charge is -2.28. The van der Waals surface area contributed by atoms with Gasteiger partial charge in [-0.05, 0) is 55.2 Å². The van der Waals surface area contributed by atoms with E-state index in [1.165, 1.54) is 44.2 Å². The molecule has 1 aliphatic carbocycles. The molecule has 28 heavy (non-hydrogen) atoms. The first kappa shape index (κ1) is 20.9. The highest BCUT2D eigenvalue weighted by molar-refractivity contribution is 6.31. The smallest absolute Gasteiger partial charge is 0.387 e. The molecule has 1 saturated carbocycles. The molecule has 0 aliphatic heterocycles. The SMILES string of the molecule is CCCCC1CCC(c2cnc(-c3ccc(Cl)c(F)c3OC(F)F)nc2)CC1. The molecular formula is C21H24ClF3N2O. The molecule has 7 heteroatoms. The van der Waals surface area contributed by atoms with Crippen LogP contribution in [0.15, 0.2) is 24.5 Å². The Labute approximate surface area is 168 Å². The number of alkyl halides is 2. The lowest BCUT2D eigenvalue weighted by Crippen LogP contribution is -2.14. The molecule has 0 N–H and O–H groups in total. The molecule has 2 aromatic rings. The molecule has 0 bridgehead atoms. The monoisotopic (exact) mass is 412 g/mol. The highest BCUT2D eigenvalue weighted by Crippen LogP contribution is 2.39. The number of halogens is 4. The molecule has 1 fully saturated rings. The average Bonchev–Trinajstić information content (AvgIpc) is 2.70. The third-order valence-electron chi connectivity index (χ3n) is 5.45. The van der Waals surface area contributed by atoms with Gasteiger partial charge in [0.05, 0.1) is 10.6 Å². The first-order chi connectivity index (χ1) is 13.5. The van der Waals surface area contributed by atoms with E-state index >= 15 is 0 Å².